The van der Waals surface area contributed by atoms with Crippen molar-refractivity contribution in [2.24, 2.45) is 0 Å². The van der Waals surface area contributed by atoms with Crippen molar-refractivity contribution < 1.29 is 14.7 Å². The molecule has 0 atom stereocenters. The number of carbonyl (C=O) groups is 2. The average Bonchev–Trinajstić information content (AvgIpc) is 3.01. The highest BCUT2D eigenvalue weighted by molar-refractivity contribution is 9.10. The molecule has 0 aliphatic carbocycles. The molecule has 0 fully saturated rings. The third-order valence-corrected chi connectivity index (χ3v) is 5.53. The fourth-order valence-electron chi connectivity index (χ4n) is 3.18. The molecule has 0 aliphatic heterocycles. The molecule has 0 saturated heterocycles. The van der Waals surface area contributed by atoms with E-state index in [0.717, 1.165) is 15.9 Å². The Morgan fingerprint density at radius 1 is 1.16 bits per heavy atom. The van der Waals surface area contributed by atoms with Gasteiger partial charge in [0, 0.05) is 27.2 Å². The number of nitrogens with zero attached hydrogens (tertiary/aromatic N) is 2. The molecule has 2 aromatic carbocycles. The number of aryl methyl sites for hydroxylation is 1. The van der Waals surface area contributed by atoms with Crippen LogP contribution in [0.1, 0.15) is 27.3 Å². The minimum Gasteiger partial charge on any atom is -0.478 e. The molecule has 0 spiro atoms. The summed E-state index contributed by atoms with van der Waals surface area (Å²) in [6.07, 6.45) is 1.51. The number of carboxylic acid groups (broad SMARTS) is 1. The van der Waals surface area contributed by atoms with Crippen LogP contribution in [0.15, 0.2) is 58.6 Å². The minimum atomic E-state index is -1.12. The van der Waals surface area contributed by atoms with Gasteiger partial charge in [0.2, 0.25) is 0 Å². The quantitative estimate of drug-likeness (QED) is 0.346. The summed E-state index contributed by atoms with van der Waals surface area (Å²) < 4.78 is 2.72. The van der Waals surface area contributed by atoms with Crippen molar-refractivity contribution in [3.8, 4) is 11.8 Å². The van der Waals surface area contributed by atoms with Gasteiger partial charge >= 0.3 is 5.97 Å². The van der Waals surface area contributed by atoms with E-state index in [9.17, 15) is 20.0 Å². The van der Waals surface area contributed by atoms with Gasteiger partial charge in [0.15, 0.2) is 0 Å². The van der Waals surface area contributed by atoms with Gasteiger partial charge in [-0.2, -0.15) is 5.26 Å². The van der Waals surface area contributed by atoms with Gasteiger partial charge in [-0.05, 0) is 74.0 Å². The highest BCUT2D eigenvalue weighted by Gasteiger charge is 2.16. The Kier molecular flexibility index (Phi) is 6.64. The first-order valence-corrected chi connectivity index (χ1v) is 10.3. The summed E-state index contributed by atoms with van der Waals surface area (Å²) in [6, 6.07) is 15.5. The Morgan fingerprint density at radius 2 is 1.84 bits per heavy atom. The number of aromatic nitrogens is 1. The van der Waals surface area contributed by atoms with Crippen molar-refractivity contribution in [2.75, 3.05) is 5.32 Å². The van der Waals surface area contributed by atoms with E-state index in [1.165, 1.54) is 18.2 Å². The second kappa shape index (κ2) is 9.21. The summed E-state index contributed by atoms with van der Waals surface area (Å²) in [6.45, 7) is 3.68. The van der Waals surface area contributed by atoms with Crippen molar-refractivity contribution in [1.29, 1.82) is 5.26 Å². The van der Waals surface area contributed by atoms with Gasteiger partial charge in [0.25, 0.3) is 5.91 Å². The second-order valence-electron chi connectivity index (χ2n) is 6.76. The van der Waals surface area contributed by atoms with Gasteiger partial charge in [-0.1, -0.05) is 27.5 Å². The summed E-state index contributed by atoms with van der Waals surface area (Å²) in [7, 11) is 0. The van der Waals surface area contributed by atoms with Crippen molar-refractivity contribution in [2.45, 2.75) is 13.8 Å². The van der Waals surface area contributed by atoms with Gasteiger partial charge in [-0.25, -0.2) is 4.79 Å². The van der Waals surface area contributed by atoms with Crippen molar-refractivity contribution in [3.05, 3.63) is 86.1 Å². The first-order valence-electron chi connectivity index (χ1n) is 9.12. The van der Waals surface area contributed by atoms with Crippen LogP contribution in [0.4, 0.5) is 5.69 Å². The van der Waals surface area contributed by atoms with Crippen LogP contribution < -0.4 is 5.32 Å². The van der Waals surface area contributed by atoms with Crippen LogP contribution in [-0.4, -0.2) is 21.6 Å². The van der Waals surface area contributed by atoms with Crippen LogP contribution in [0.2, 0.25) is 5.02 Å². The second-order valence-corrected chi connectivity index (χ2v) is 8.08. The molecular weight excluding hydrogens is 482 g/mol. The third-order valence-electron chi connectivity index (χ3n) is 4.68. The fraction of sp³-hybridized carbons (Fsp3) is 0.0870. The van der Waals surface area contributed by atoms with Crippen LogP contribution in [0.25, 0.3) is 11.8 Å². The molecule has 0 aliphatic rings. The molecule has 2 N–H and O–H groups in total. The number of benzene rings is 2. The van der Waals surface area contributed by atoms with Crippen LogP contribution in [0.5, 0.6) is 0 Å². The Labute approximate surface area is 192 Å². The lowest BCUT2D eigenvalue weighted by molar-refractivity contribution is -0.112. The zero-order valence-electron chi connectivity index (χ0n) is 16.6. The summed E-state index contributed by atoms with van der Waals surface area (Å²) in [4.78, 5) is 24.0. The van der Waals surface area contributed by atoms with E-state index in [1.54, 1.807) is 30.3 Å². The van der Waals surface area contributed by atoms with Gasteiger partial charge in [-0.15, -0.1) is 0 Å². The molecule has 1 heterocycles. The van der Waals surface area contributed by atoms with Gasteiger partial charge in [0.05, 0.1) is 10.6 Å². The zero-order chi connectivity index (χ0) is 22.7. The van der Waals surface area contributed by atoms with E-state index >= 15 is 0 Å². The molecule has 31 heavy (non-hydrogen) atoms. The average molecular weight is 499 g/mol. The number of hydrogen-bond acceptors (Lipinski definition) is 3. The lowest BCUT2D eigenvalue weighted by Gasteiger charge is -2.11. The first-order chi connectivity index (χ1) is 14.7. The number of nitrogens with one attached hydrogen (secondary N) is 1. The van der Waals surface area contributed by atoms with Gasteiger partial charge < -0.3 is 15.0 Å². The first kappa shape index (κ1) is 22.3. The molecule has 6 nitrogen and oxygen atoms in total. The number of nitriles is 1. The van der Waals surface area contributed by atoms with Crippen molar-refractivity contribution >= 4 is 51.2 Å². The third kappa shape index (κ3) is 4.88. The summed E-state index contributed by atoms with van der Waals surface area (Å²) in [5.74, 6) is -1.64. The molecule has 0 radical (unpaired) electrons. The number of rotatable bonds is 5. The summed E-state index contributed by atoms with van der Waals surface area (Å²) in [5, 5.41) is 21.7. The van der Waals surface area contributed by atoms with Crippen LogP contribution in [0.3, 0.4) is 0 Å². The smallest absolute Gasteiger partial charge is 0.337 e. The Bertz CT molecular complexity index is 1250. The SMILES string of the molecule is Cc1cc(/C=C(/C#N)C(=O)Nc2ccc(Br)cc2)c(C)n1-c1ccc(Cl)c(C(=O)O)c1. The van der Waals surface area contributed by atoms with E-state index in [4.69, 9.17) is 11.6 Å². The molecule has 3 rings (SSSR count). The number of carboxylic acids is 1. The number of aromatic carboxylic acids is 1. The van der Waals surface area contributed by atoms with E-state index in [1.807, 2.05) is 30.6 Å². The lowest BCUT2D eigenvalue weighted by Crippen LogP contribution is -2.13. The molecule has 1 amide bonds. The molecule has 8 heteroatoms. The lowest BCUT2D eigenvalue weighted by atomic mass is 10.1. The van der Waals surface area contributed by atoms with Gasteiger partial charge in [0.1, 0.15) is 11.6 Å². The topological polar surface area (TPSA) is 95.1 Å². The van der Waals surface area contributed by atoms with E-state index in [-0.39, 0.29) is 16.2 Å². The number of anilines is 1. The normalized spacial score (nSPS) is 11.1. The number of amides is 1. The highest BCUT2D eigenvalue weighted by atomic mass is 79.9. The summed E-state index contributed by atoms with van der Waals surface area (Å²) >= 11 is 9.31. The number of carbonyl (C=O) groups excluding carboxylic acids is 1. The number of halogens is 2. The minimum absolute atomic E-state index is 0.00431. The van der Waals surface area contributed by atoms with Crippen LogP contribution in [-0.2, 0) is 4.79 Å². The molecule has 3 aromatic rings. The molecule has 0 unspecified atom stereocenters. The van der Waals surface area contributed by atoms with E-state index < -0.39 is 11.9 Å². The molecule has 1 aromatic heterocycles. The molecule has 156 valence electrons. The Morgan fingerprint density at radius 3 is 2.45 bits per heavy atom. The maximum atomic E-state index is 12.6. The van der Waals surface area contributed by atoms with E-state index in [2.05, 4.69) is 21.2 Å². The Balaban J connectivity index is 1.97. The van der Waals surface area contributed by atoms with E-state index in [0.29, 0.717) is 16.9 Å². The molecular formula is C23H17BrClN3O3. The molecule has 0 bridgehead atoms. The predicted octanol–water partition coefficient (Wildman–Crippen LogP) is 5.75. The fourth-order valence-corrected chi connectivity index (χ4v) is 3.65. The monoisotopic (exact) mass is 497 g/mol. The number of hydrogen-bond donors (Lipinski definition) is 2. The van der Waals surface area contributed by atoms with Crippen molar-refractivity contribution in [3.63, 3.8) is 0 Å². The van der Waals surface area contributed by atoms with Crippen molar-refractivity contribution in [1.82, 2.24) is 4.57 Å². The van der Waals surface area contributed by atoms with Crippen LogP contribution >= 0.6 is 27.5 Å². The predicted molar refractivity (Wildman–Crippen MR) is 124 cm³/mol. The zero-order valence-corrected chi connectivity index (χ0v) is 19.0. The summed E-state index contributed by atoms with van der Waals surface area (Å²) in [5.41, 5.74) is 3.37. The molecule has 0 saturated carbocycles. The van der Waals surface area contributed by atoms with Gasteiger partial charge in [-0.3, -0.25) is 4.79 Å². The maximum absolute atomic E-state index is 12.6. The van der Waals surface area contributed by atoms with Crippen LogP contribution in [0, 0.1) is 25.2 Å². The maximum Gasteiger partial charge on any atom is 0.337 e. The largest absolute Gasteiger partial charge is 0.478 e. The Hall–Kier alpha value is -3.34. The standard InChI is InChI=1S/C23H17BrClN3O3/c1-13-9-15(10-16(12-26)22(29)27-18-5-3-17(24)4-6-18)14(2)28(13)19-7-8-21(25)20(11-19)23(30)31/h3-11H,1-2H3,(H,27,29)(H,30,31)/b16-10-. The highest BCUT2D eigenvalue weighted by Crippen LogP contribution is 2.26.